The lowest BCUT2D eigenvalue weighted by Gasteiger charge is -2.41. The highest BCUT2D eigenvalue weighted by molar-refractivity contribution is 7.99. The van der Waals surface area contributed by atoms with Crippen molar-refractivity contribution in [3.8, 4) is 5.75 Å². The average Bonchev–Trinajstić information content (AvgIpc) is 2.62. The number of ether oxygens (including phenoxy) is 1. The zero-order chi connectivity index (χ0) is 20.4. The third kappa shape index (κ3) is 4.94. The Hall–Kier alpha value is -1.77. The lowest BCUT2D eigenvalue weighted by atomic mass is 10.0. The van der Waals surface area contributed by atoms with Crippen LogP contribution in [-0.2, 0) is 16.0 Å². The van der Waals surface area contributed by atoms with E-state index in [-0.39, 0.29) is 18.4 Å². The predicted octanol–water partition coefficient (Wildman–Crippen LogP) is 0.728. The highest BCUT2D eigenvalue weighted by atomic mass is 32.2. The van der Waals surface area contributed by atoms with Crippen molar-refractivity contribution in [2.24, 2.45) is 0 Å². The van der Waals surface area contributed by atoms with Gasteiger partial charge in [-0.1, -0.05) is 12.1 Å². The van der Waals surface area contributed by atoms with Crippen molar-refractivity contribution >= 4 is 23.6 Å². The molecule has 0 bridgehead atoms. The second-order valence-corrected chi connectivity index (χ2v) is 8.25. The first-order valence-electron chi connectivity index (χ1n) is 8.74. The number of likely N-dealkylation sites (N-methyl/N-ethyl adjacent to an activating group) is 2. The second kappa shape index (κ2) is 8.50. The van der Waals surface area contributed by atoms with Gasteiger partial charge in [0.05, 0.1) is 5.60 Å². The third-order valence-corrected chi connectivity index (χ3v) is 5.77. The molecule has 0 radical (unpaired) electrons. The Bertz CT molecular complexity index is 674. The maximum absolute atomic E-state index is 12.6. The molecular formula is C19H28N2O5S. The summed E-state index contributed by atoms with van der Waals surface area (Å²) in [5, 5.41) is 19.1. The van der Waals surface area contributed by atoms with Gasteiger partial charge in [0.15, 0.2) is 5.37 Å². The van der Waals surface area contributed by atoms with Crippen LogP contribution in [0.3, 0.4) is 0 Å². The molecule has 0 aromatic heterocycles. The van der Waals surface area contributed by atoms with E-state index in [1.807, 2.05) is 18.4 Å². The lowest BCUT2D eigenvalue weighted by Crippen LogP contribution is -2.61. The molecule has 2 N–H and O–H groups in total. The molecule has 8 heteroatoms. The van der Waals surface area contributed by atoms with Gasteiger partial charge in [-0.3, -0.25) is 9.59 Å². The number of carbonyl (C=O) groups excluding carboxylic acids is 2. The van der Waals surface area contributed by atoms with Gasteiger partial charge in [-0.25, -0.2) is 0 Å². The summed E-state index contributed by atoms with van der Waals surface area (Å²) in [6.07, 6.45) is 1.23. The molecule has 2 rings (SSSR count). The van der Waals surface area contributed by atoms with Crippen molar-refractivity contribution in [1.29, 1.82) is 0 Å². The molecule has 0 aliphatic carbocycles. The molecular weight excluding hydrogens is 368 g/mol. The molecule has 1 aliphatic rings. The van der Waals surface area contributed by atoms with Gasteiger partial charge in [-0.05, 0) is 37.8 Å². The Morgan fingerprint density at radius 3 is 2.26 bits per heavy atom. The van der Waals surface area contributed by atoms with Crippen LogP contribution in [0.1, 0.15) is 19.4 Å². The molecule has 1 aromatic carbocycles. The van der Waals surface area contributed by atoms with Crippen LogP contribution < -0.4 is 4.74 Å². The Kier molecular flexibility index (Phi) is 6.77. The van der Waals surface area contributed by atoms with Crippen LogP contribution in [0.2, 0.25) is 0 Å². The molecule has 1 aliphatic heterocycles. The standard InChI is InChI=1S/C19H28N2O5S/c1-19(2,25)15(22)11-26-13-8-6-12(7-9-13)10-14-16(23)21(4)18(27-5)17(24)20(14)3/h6-9,14-15,18,22,25H,10-11H2,1-5H3. The molecule has 1 fully saturated rings. The highest BCUT2D eigenvalue weighted by Gasteiger charge is 2.42. The number of carbonyl (C=O) groups is 2. The van der Waals surface area contributed by atoms with E-state index in [0.717, 1.165) is 5.56 Å². The van der Waals surface area contributed by atoms with Gasteiger partial charge in [0.2, 0.25) is 5.91 Å². The molecule has 1 saturated heterocycles. The maximum atomic E-state index is 12.6. The molecule has 27 heavy (non-hydrogen) atoms. The van der Waals surface area contributed by atoms with Gasteiger partial charge in [0.1, 0.15) is 24.5 Å². The smallest absolute Gasteiger partial charge is 0.256 e. The molecule has 150 valence electrons. The zero-order valence-corrected chi connectivity index (χ0v) is 17.2. The van der Waals surface area contributed by atoms with Crippen LogP contribution >= 0.6 is 11.8 Å². The van der Waals surface area contributed by atoms with Crippen molar-refractivity contribution < 1.29 is 24.5 Å². The fraction of sp³-hybridized carbons (Fsp3) is 0.579. The average molecular weight is 397 g/mol. The third-order valence-electron chi connectivity index (χ3n) is 4.81. The fourth-order valence-corrected chi connectivity index (χ4v) is 3.61. The van der Waals surface area contributed by atoms with Crippen molar-refractivity contribution in [3.63, 3.8) is 0 Å². The number of hydrogen-bond acceptors (Lipinski definition) is 6. The van der Waals surface area contributed by atoms with Crippen LogP contribution in [0.25, 0.3) is 0 Å². The van der Waals surface area contributed by atoms with Crippen LogP contribution in [0, 0.1) is 0 Å². The monoisotopic (exact) mass is 396 g/mol. The van der Waals surface area contributed by atoms with Gasteiger partial charge in [0, 0.05) is 20.5 Å². The first kappa shape index (κ1) is 21.5. The summed E-state index contributed by atoms with van der Waals surface area (Å²) < 4.78 is 5.49. The molecule has 1 heterocycles. The highest BCUT2D eigenvalue weighted by Crippen LogP contribution is 2.25. The molecule has 7 nitrogen and oxygen atoms in total. The van der Waals surface area contributed by atoms with Crippen LogP contribution in [0.4, 0.5) is 0 Å². The van der Waals surface area contributed by atoms with Gasteiger partial charge in [0.25, 0.3) is 5.91 Å². The Balaban J connectivity index is 2.01. The molecule has 3 atom stereocenters. The van der Waals surface area contributed by atoms with Crippen molar-refractivity contribution in [1.82, 2.24) is 9.80 Å². The van der Waals surface area contributed by atoms with Crippen LogP contribution in [0.15, 0.2) is 24.3 Å². The van der Waals surface area contributed by atoms with E-state index in [1.165, 1.54) is 35.4 Å². The Labute approximate surface area is 164 Å². The van der Waals surface area contributed by atoms with E-state index in [0.29, 0.717) is 12.2 Å². The van der Waals surface area contributed by atoms with E-state index >= 15 is 0 Å². The largest absolute Gasteiger partial charge is 0.491 e. The minimum Gasteiger partial charge on any atom is -0.491 e. The second-order valence-electron chi connectivity index (χ2n) is 7.33. The summed E-state index contributed by atoms with van der Waals surface area (Å²) in [4.78, 5) is 28.1. The zero-order valence-electron chi connectivity index (χ0n) is 16.4. The maximum Gasteiger partial charge on any atom is 0.256 e. The molecule has 1 aromatic rings. The molecule has 0 saturated carbocycles. The van der Waals surface area contributed by atoms with Crippen molar-refractivity contribution in [2.45, 2.75) is 43.4 Å². The number of piperazine rings is 1. The number of nitrogens with zero attached hydrogens (tertiary/aromatic N) is 2. The van der Waals surface area contributed by atoms with E-state index < -0.39 is 23.1 Å². The predicted molar refractivity (Wildman–Crippen MR) is 105 cm³/mol. The van der Waals surface area contributed by atoms with Crippen LogP contribution in [-0.4, -0.2) is 81.9 Å². The van der Waals surface area contributed by atoms with Crippen LogP contribution in [0.5, 0.6) is 5.75 Å². The fourth-order valence-electron chi connectivity index (χ4n) is 2.82. The minimum atomic E-state index is -1.24. The summed E-state index contributed by atoms with van der Waals surface area (Å²) in [5.41, 5.74) is -0.335. The summed E-state index contributed by atoms with van der Waals surface area (Å²) in [6.45, 7) is 3.01. The Morgan fingerprint density at radius 1 is 1.15 bits per heavy atom. The first-order chi connectivity index (χ1) is 12.6. The number of aliphatic hydroxyl groups excluding tert-OH is 1. The lowest BCUT2D eigenvalue weighted by molar-refractivity contribution is -0.154. The molecule has 2 amide bonds. The topological polar surface area (TPSA) is 90.3 Å². The van der Waals surface area contributed by atoms with Gasteiger partial charge >= 0.3 is 0 Å². The minimum absolute atomic E-state index is 0.0257. The van der Waals surface area contributed by atoms with Gasteiger partial charge < -0.3 is 24.7 Å². The number of amides is 2. The van der Waals surface area contributed by atoms with Gasteiger partial charge in [-0.15, -0.1) is 11.8 Å². The SMILES string of the molecule is CSC1C(=O)N(C)C(Cc2ccc(OCC(O)C(C)(C)O)cc2)C(=O)N1C. The number of thioether (sulfide) groups is 1. The number of aliphatic hydroxyl groups is 2. The van der Waals surface area contributed by atoms with Crippen molar-refractivity contribution in [3.05, 3.63) is 29.8 Å². The van der Waals surface area contributed by atoms with E-state index in [1.54, 1.807) is 26.2 Å². The van der Waals surface area contributed by atoms with E-state index in [2.05, 4.69) is 0 Å². The summed E-state index contributed by atoms with van der Waals surface area (Å²) in [5.74, 6) is 0.404. The quantitative estimate of drug-likeness (QED) is 0.706. The van der Waals surface area contributed by atoms with E-state index in [9.17, 15) is 19.8 Å². The molecule has 3 unspecified atom stereocenters. The number of benzene rings is 1. The Morgan fingerprint density at radius 2 is 1.74 bits per heavy atom. The summed E-state index contributed by atoms with van der Waals surface area (Å²) >= 11 is 1.35. The number of hydrogen-bond donors (Lipinski definition) is 2. The van der Waals surface area contributed by atoms with Gasteiger partial charge in [-0.2, -0.15) is 0 Å². The summed E-state index contributed by atoms with van der Waals surface area (Å²) in [6, 6.07) is 6.62. The number of rotatable bonds is 7. The first-order valence-corrected chi connectivity index (χ1v) is 10.0. The summed E-state index contributed by atoms with van der Waals surface area (Å²) in [7, 11) is 3.32. The van der Waals surface area contributed by atoms with Crippen molar-refractivity contribution in [2.75, 3.05) is 27.0 Å². The normalized spacial score (nSPS) is 22.2. The van der Waals surface area contributed by atoms with E-state index in [4.69, 9.17) is 4.74 Å². The molecule has 0 spiro atoms.